The molecule has 32 heavy (non-hydrogen) atoms. The van der Waals surface area contributed by atoms with E-state index in [2.05, 4.69) is 10.3 Å². The molecule has 2 aromatic heterocycles. The summed E-state index contributed by atoms with van der Waals surface area (Å²) in [5.74, 6) is -0.0688. The van der Waals surface area contributed by atoms with Gasteiger partial charge in [0, 0.05) is 26.5 Å². The fraction of sp³-hybridized carbons (Fsp3) is 0.250. The lowest BCUT2D eigenvalue weighted by molar-refractivity contribution is -0.117. The lowest BCUT2D eigenvalue weighted by atomic mass is 10.1. The number of methoxy groups -OCH3 is 1. The minimum atomic E-state index is -0.584. The lowest BCUT2D eigenvalue weighted by Gasteiger charge is -2.12. The van der Waals surface area contributed by atoms with Crippen LogP contribution in [0.25, 0.3) is 11.7 Å². The van der Waals surface area contributed by atoms with Crippen molar-refractivity contribution in [2.24, 2.45) is 0 Å². The molecule has 0 radical (unpaired) electrons. The smallest absolute Gasteiger partial charge is 0.269 e. The van der Waals surface area contributed by atoms with Crippen LogP contribution in [0.4, 0.5) is 0 Å². The van der Waals surface area contributed by atoms with Crippen molar-refractivity contribution in [2.75, 3.05) is 20.3 Å². The number of benzene rings is 1. The number of ether oxygens (including phenoxy) is 2. The molecule has 0 aliphatic heterocycles. The Morgan fingerprint density at radius 1 is 1.28 bits per heavy atom. The molecule has 1 amide bonds. The number of rotatable bonds is 8. The Morgan fingerprint density at radius 3 is 2.81 bits per heavy atom. The predicted octanol–water partition coefficient (Wildman–Crippen LogP) is 3.16. The molecule has 3 aromatic rings. The molecule has 1 aromatic carbocycles. The first kappa shape index (κ1) is 22.7. The third-order valence-electron chi connectivity index (χ3n) is 4.72. The Labute approximate surface area is 185 Å². The Balaban J connectivity index is 2.10. The van der Waals surface area contributed by atoms with E-state index in [1.165, 1.54) is 10.5 Å². The number of aryl methyl sites for hydroxylation is 2. The van der Waals surface area contributed by atoms with Gasteiger partial charge in [-0.15, -0.1) is 0 Å². The molecule has 0 saturated carbocycles. The van der Waals surface area contributed by atoms with Gasteiger partial charge in [0.2, 0.25) is 5.88 Å². The monoisotopic (exact) mass is 432 g/mol. The third-order valence-corrected chi connectivity index (χ3v) is 4.72. The van der Waals surface area contributed by atoms with Crippen molar-refractivity contribution in [3.8, 4) is 17.7 Å². The average Bonchev–Trinajstić information content (AvgIpc) is 2.77. The number of carbonyl (C=O) groups excluding carboxylic acids is 1. The molecule has 0 saturated heterocycles. The van der Waals surface area contributed by atoms with Gasteiger partial charge in [-0.2, -0.15) is 10.2 Å². The summed E-state index contributed by atoms with van der Waals surface area (Å²) in [6.07, 6.45) is 3.41. The molecule has 0 spiro atoms. The number of pyridine rings is 1. The lowest BCUT2D eigenvalue weighted by Crippen LogP contribution is -2.27. The molecule has 0 aliphatic rings. The van der Waals surface area contributed by atoms with E-state index in [1.54, 1.807) is 25.4 Å². The molecule has 0 aliphatic carbocycles. The van der Waals surface area contributed by atoms with Crippen LogP contribution in [-0.2, 0) is 9.53 Å². The number of hydrogen-bond donors (Lipinski definition) is 1. The number of hydrogen-bond acceptors (Lipinski definition) is 6. The highest BCUT2D eigenvalue weighted by atomic mass is 16.5. The number of nitriles is 1. The largest absolute Gasteiger partial charge is 0.438 e. The van der Waals surface area contributed by atoms with Gasteiger partial charge in [-0.3, -0.25) is 14.0 Å². The van der Waals surface area contributed by atoms with Gasteiger partial charge < -0.3 is 14.8 Å². The van der Waals surface area contributed by atoms with Gasteiger partial charge in [-0.25, -0.2) is 0 Å². The summed E-state index contributed by atoms with van der Waals surface area (Å²) in [4.78, 5) is 30.3. The summed E-state index contributed by atoms with van der Waals surface area (Å²) >= 11 is 0. The van der Waals surface area contributed by atoms with Gasteiger partial charge >= 0.3 is 0 Å². The molecule has 0 atom stereocenters. The molecule has 0 fully saturated rings. The Kier molecular flexibility index (Phi) is 7.37. The maximum atomic E-state index is 13.3. The zero-order valence-electron chi connectivity index (χ0n) is 18.2. The molecule has 8 nitrogen and oxygen atoms in total. The van der Waals surface area contributed by atoms with Crippen molar-refractivity contribution in [3.63, 3.8) is 0 Å². The van der Waals surface area contributed by atoms with Crippen molar-refractivity contribution >= 4 is 17.6 Å². The SMILES string of the molecule is COCCCNC(=O)C(C#N)=Cc1c(Oc2cccc(C)c2)nc2c(C)cccn2c1=O. The number of nitrogens with zero attached hydrogens (tertiary/aromatic N) is 3. The first-order valence-corrected chi connectivity index (χ1v) is 10.1. The zero-order valence-corrected chi connectivity index (χ0v) is 18.2. The summed E-state index contributed by atoms with van der Waals surface area (Å²) in [6.45, 7) is 4.58. The molecule has 0 bridgehead atoms. The fourth-order valence-corrected chi connectivity index (χ4v) is 3.09. The van der Waals surface area contributed by atoms with Crippen LogP contribution in [0, 0.1) is 25.2 Å². The van der Waals surface area contributed by atoms with E-state index in [0.29, 0.717) is 31.0 Å². The Bertz CT molecular complexity index is 1270. The molecule has 3 rings (SSSR count). The van der Waals surface area contributed by atoms with E-state index in [0.717, 1.165) is 11.1 Å². The molecule has 2 heterocycles. The van der Waals surface area contributed by atoms with Crippen LogP contribution in [0.2, 0.25) is 0 Å². The average molecular weight is 432 g/mol. The highest BCUT2D eigenvalue weighted by Crippen LogP contribution is 2.25. The van der Waals surface area contributed by atoms with Crippen LogP contribution in [0.5, 0.6) is 11.6 Å². The third kappa shape index (κ3) is 5.20. The number of nitrogens with one attached hydrogen (secondary N) is 1. The molecular weight excluding hydrogens is 408 g/mol. The second-order valence-electron chi connectivity index (χ2n) is 7.21. The van der Waals surface area contributed by atoms with Crippen LogP contribution in [0.3, 0.4) is 0 Å². The molecular formula is C24H24N4O4. The number of fused-ring (bicyclic) bond motifs is 1. The van der Waals surface area contributed by atoms with E-state index in [9.17, 15) is 14.9 Å². The second kappa shape index (κ2) is 10.4. The van der Waals surface area contributed by atoms with Gasteiger partial charge in [0.1, 0.15) is 28.6 Å². The van der Waals surface area contributed by atoms with Crippen molar-refractivity contribution in [1.29, 1.82) is 5.26 Å². The molecule has 8 heteroatoms. The van der Waals surface area contributed by atoms with E-state index >= 15 is 0 Å². The minimum Gasteiger partial charge on any atom is -0.438 e. The minimum absolute atomic E-state index is 0.0122. The van der Waals surface area contributed by atoms with Gasteiger partial charge in [-0.1, -0.05) is 18.2 Å². The standard InChI is InChI=1S/C24H24N4O4/c1-16-7-4-9-19(13-16)32-23-20(14-18(15-25)22(29)26-10-6-12-31-3)24(30)28-11-5-8-17(2)21(28)27-23/h4-5,7-9,11,13-14H,6,10,12H2,1-3H3,(H,26,29). The number of amides is 1. The molecule has 1 N–H and O–H groups in total. The van der Waals surface area contributed by atoms with Crippen molar-refractivity contribution in [2.45, 2.75) is 20.3 Å². The first-order valence-electron chi connectivity index (χ1n) is 10.1. The highest BCUT2D eigenvalue weighted by molar-refractivity contribution is 6.01. The normalized spacial score (nSPS) is 11.2. The van der Waals surface area contributed by atoms with Gasteiger partial charge in [0.05, 0.1) is 0 Å². The Hall–Kier alpha value is -3.96. The van der Waals surface area contributed by atoms with E-state index in [1.807, 2.05) is 44.2 Å². The van der Waals surface area contributed by atoms with Crippen LogP contribution in [0.1, 0.15) is 23.1 Å². The summed E-state index contributed by atoms with van der Waals surface area (Å²) in [5.41, 5.74) is 1.54. The highest BCUT2D eigenvalue weighted by Gasteiger charge is 2.18. The summed E-state index contributed by atoms with van der Waals surface area (Å²) in [6, 6.07) is 12.7. The van der Waals surface area contributed by atoms with E-state index < -0.39 is 11.5 Å². The van der Waals surface area contributed by atoms with Gasteiger partial charge in [-0.05, 0) is 55.7 Å². The fourth-order valence-electron chi connectivity index (χ4n) is 3.09. The van der Waals surface area contributed by atoms with Crippen LogP contribution < -0.4 is 15.6 Å². The Morgan fingerprint density at radius 2 is 2.09 bits per heavy atom. The summed E-state index contributed by atoms with van der Waals surface area (Å²) in [7, 11) is 1.57. The molecule has 0 unspecified atom stereocenters. The quantitative estimate of drug-likeness (QED) is 0.333. The van der Waals surface area contributed by atoms with Crippen LogP contribution in [-0.4, -0.2) is 35.6 Å². The zero-order chi connectivity index (χ0) is 23.1. The topological polar surface area (TPSA) is 106 Å². The predicted molar refractivity (Wildman–Crippen MR) is 121 cm³/mol. The summed E-state index contributed by atoms with van der Waals surface area (Å²) < 4.78 is 12.3. The van der Waals surface area contributed by atoms with Crippen molar-refractivity contribution < 1.29 is 14.3 Å². The van der Waals surface area contributed by atoms with Crippen LogP contribution >= 0.6 is 0 Å². The van der Waals surface area contributed by atoms with Crippen molar-refractivity contribution in [3.05, 3.63) is 75.2 Å². The van der Waals surface area contributed by atoms with Gasteiger partial charge in [0.15, 0.2) is 0 Å². The molecule has 164 valence electrons. The number of carbonyl (C=O) groups is 1. The second-order valence-corrected chi connectivity index (χ2v) is 7.21. The first-order chi connectivity index (χ1) is 15.4. The van der Waals surface area contributed by atoms with Gasteiger partial charge in [0.25, 0.3) is 11.5 Å². The van der Waals surface area contributed by atoms with E-state index in [-0.39, 0.29) is 17.0 Å². The summed E-state index contributed by atoms with van der Waals surface area (Å²) in [5, 5.41) is 12.2. The maximum Gasteiger partial charge on any atom is 0.269 e. The maximum absolute atomic E-state index is 13.3. The van der Waals surface area contributed by atoms with E-state index in [4.69, 9.17) is 9.47 Å². The van der Waals surface area contributed by atoms with Crippen LogP contribution in [0.15, 0.2) is 53.0 Å². The number of aromatic nitrogens is 2. The van der Waals surface area contributed by atoms with Crippen molar-refractivity contribution in [1.82, 2.24) is 14.7 Å².